The molecule has 1 aromatic carbocycles. The Balaban J connectivity index is 1.37. The molecular formula is C32H30BN6+. The van der Waals surface area contributed by atoms with E-state index in [-0.39, 0.29) is 6.98 Å². The first-order chi connectivity index (χ1) is 19.3. The third-order valence-corrected chi connectivity index (χ3v) is 8.28. The molecule has 0 amide bonds. The first-order valence-electron chi connectivity index (χ1n) is 13.8. The second-order valence-electron chi connectivity index (χ2n) is 10.3. The summed E-state index contributed by atoms with van der Waals surface area (Å²) in [4.78, 5) is 18.4. The van der Waals surface area contributed by atoms with E-state index in [0.29, 0.717) is 11.9 Å². The number of rotatable bonds is 5. The lowest BCUT2D eigenvalue weighted by Gasteiger charge is -2.38. The Morgan fingerprint density at radius 1 is 0.692 bits per heavy atom. The molecule has 39 heavy (non-hydrogen) atoms. The molecule has 2 atom stereocenters. The van der Waals surface area contributed by atoms with Crippen molar-refractivity contribution in [2.75, 3.05) is 9.62 Å². The molecule has 0 saturated heterocycles. The van der Waals surface area contributed by atoms with E-state index >= 15 is 0 Å². The molecule has 2 aliphatic rings. The van der Waals surface area contributed by atoms with Crippen LogP contribution >= 0.6 is 0 Å². The minimum Gasteiger partial charge on any atom is -0.324 e. The molecule has 7 rings (SSSR count). The number of hydrogen-bond acceptors (Lipinski definition) is 5. The molecule has 2 aliphatic heterocycles. The minimum atomic E-state index is 0.142. The van der Waals surface area contributed by atoms with E-state index in [2.05, 4.69) is 105 Å². The molecular weight excluding hydrogens is 479 g/mol. The monoisotopic (exact) mass is 509 g/mol. The number of pyridine rings is 4. The van der Waals surface area contributed by atoms with Crippen molar-refractivity contribution in [1.82, 2.24) is 15.0 Å². The molecule has 6 nitrogen and oxygen atoms in total. The van der Waals surface area contributed by atoms with Gasteiger partial charge in [0.1, 0.15) is 17.5 Å². The lowest BCUT2D eigenvalue weighted by molar-refractivity contribution is -0.712. The zero-order chi connectivity index (χ0) is 26.3. The summed E-state index contributed by atoms with van der Waals surface area (Å²) in [6.45, 7) is 4.78. The Bertz CT molecular complexity index is 1610. The Kier molecular flexibility index (Phi) is 5.84. The largest absolute Gasteiger partial charge is 0.515 e. The summed E-state index contributed by atoms with van der Waals surface area (Å²) in [5.74, 6) is 2.59. The lowest BCUT2D eigenvalue weighted by atomic mass is 9.53. The number of benzene rings is 1. The quantitative estimate of drug-likeness (QED) is 0.188. The number of fused-ring (bicyclic) bond motifs is 5. The molecule has 0 spiro atoms. The molecule has 0 N–H and O–H groups in total. The van der Waals surface area contributed by atoms with E-state index in [1.54, 1.807) is 0 Å². The van der Waals surface area contributed by atoms with Crippen molar-refractivity contribution in [1.29, 1.82) is 0 Å². The average molecular weight is 509 g/mol. The summed E-state index contributed by atoms with van der Waals surface area (Å²) >= 11 is 0. The Morgan fingerprint density at radius 2 is 1.33 bits per heavy atom. The molecule has 7 heteroatoms. The highest BCUT2D eigenvalue weighted by Gasteiger charge is 2.60. The van der Waals surface area contributed by atoms with Crippen molar-refractivity contribution in [3.8, 4) is 22.3 Å². The maximum absolute atomic E-state index is 5.02. The highest BCUT2D eigenvalue weighted by Crippen LogP contribution is 2.52. The smallest absolute Gasteiger partial charge is 0.324 e. The van der Waals surface area contributed by atoms with Crippen LogP contribution in [0, 0.1) is 0 Å². The molecule has 2 unspecified atom stereocenters. The number of aromatic nitrogens is 4. The third kappa shape index (κ3) is 3.80. The van der Waals surface area contributed by atoms with Crippen LogP contribution < -0.4 is 14.2 Å². The molecule has 0 saturated carbocycles. The van der Waals surface area contributed by atoms with Gasteiger partial charge in [0.15, 0.2) is 0 Å². The van der Waals surface area contributed by atoms with Gasteiger partial charge in [-0.15, -0.1) is 0 Å². The van der Waals surface area contributed by atoms with Gasteiger partial charge < -0.3 is 4.81 Å². The number of nitrogens with zero attached hydrogens (tertiary/aromatic N) is 6. The molecule has 0 bridgehead atoms. The van der Waals surface area contributed by atoms with Crippen molar-refractivity contribution in [2.24, 2.45) is 0 Å². The van der Waals surface area contributed by atoms with Crippen LogP contribution in [0.3, 0.4) is 0 Å². The average Bonchev–Trinajstić information content (AvgIpc) is 3.36. The van der Waals surface area contributed by atoms with Crippen LogP contribution in [0.5, 0.6) is 0 Å². The molecule has 4 aromatic heterocycles. The summed E-state index contributed by atoms with van der Waals surface area (Å²) in [5, 5.41) is 0. The summed E-state index contributed by atoms with van der Waals surface area (Å²) in [6, 6.07) is 26.2. The second kappa shape index (κ2) is 9.66. The van der Waals surface area contributed by atoms with Crippen molar-refractivity contribution >= 4 is 30.0 Å². The Hall–Kier alpha value is -4.52. The predicted octanol–water partition coefficient (Wildman–Crippen LogP) is 7.02. The first-order valence-corrected chi connectivity index (χ1v) is 13.8. The molecule has 5 aromatic rings. The van der Waals surface area contributed by atoms with Crippen molar-refractivity contribution in [2.45, 2.75) is 38.5 Å². The van der Waals surface area contributed by atoms with Gasteiger partial charge in [0, 0.05) is 54.0 Å². The molecule has 0 radical (unpaired) electrons. The van der Waals surface area contributed by atoms with Crippen LogP contribution in [0.15, 0.2) is 110 Å². The fourth-order valence-corrected chi connectivity index (χ4v) is 6.50. The van der Waals surface area contributed by atoms with Gasteiger partial charge in [-0.25, -0.2) is 9.55 Å². The van der Waals surface area contributed by atoms with Gasteiger partial charge in [0.05, 0.1) is 11.9 Å². The SMILES string of the molecule is CCC1B2N(c3ccc(-c4ccncc4)cn3)c3ccccc3N2c2ccc(-c3ccncc3)c[n+]2C1CC. The summed E-state index contributed by atoms with van der Waals surface area (Å²) in [7, 11) is 0. The Labute approximate surface area is 229 Å². The predicted molar refractivity (Wildman–Crippen MR) is 157 cm³/mol. The maximum Gasteiger partial charge on any atom is 0.515 e. The summed E-state index contributed by atoms with van der Waals surface area (Å²) in [5.41, 5.74) is 7.04. The molecule has 0 fully saturated rings. The number of anilines is 4. The van der Waals surface area contributed by atoms with Crippen molar-refractivity contribution < 1.29 is 4.57 Å². The zero-order valence-electron chi connectivity index (χ0n) is 22.2. The van der Waals surface area contributed by atoms with Crippen LogP contribution in [-0.2, 0) is 0 Å². The molecule has 190 valence electrons. The van der Waals surface area contributed by atoms with Crippen LogP contribution in [0.25, 0.3) is 22.3 Å². The van der Waals surface area contributed by atoms with E-state index in [1.165, 1.54) is 28.3 Å². The first kappa shape index (κ1) is 23.6. The van der Waals surface area contributed by atoms with Crippen LogP contribution in [0.1, 0.15) is 32.7 Å². The van der Waals surface area contributed by atoms with Gasteiger partial charge >= 0.3 is 6.98 Å². The van der Waals surface area contributed by atoms with E-state index in [9.17, 15) is 0 Å². The van der Waals surface area contributed by atoms with E-state index in [1.807, 2.05) is 43.1 Å². The summed E-state index contributed by atoms with van der Waals surface area (Å²) in [6.07, 6.45) is 13.8. The van der Waals surface area contributed by atoms with Gasteiger partial charge in [-0.2, -0.15) is 0 Å². The fourth-order valence-electron chi connectivity index (χ4n) is 6.50. The highest BCUT2D eigenvalue weighted by molar-refractivity contribution is 6.74. The van der Waals surface area contributed by atoms with Crippen molar-refractivity contribution in [3.05, 3.63) is 110 Å². The van der Waals surface area contributed by atoms with E-state index in [4.69, 9.17) is 4.98 Å². The molecule has 6 heterocycles. The van der Waals surface area contributed by atoms with Crippen LogP contribution in [0.4, 0.5) is 23.0 Å². The topological polar surface area (TPSA) is 49.0 Å². The van der Waals surface area contributed by atoms with Gasteiger partial charge in [-0.05, 0) is 78.6 Å². The Morgan fingerprint density at radius 3 is 1.95 bits per heavy atom. The minimum absolute atomic E-state index is 0.142. The summed E-state index contributed by atoms with van der Waals surface area (Å²) < 4.78 is 2.51. The zero-order valence-corrected chi connectivity index (χ0v) is 22.2. The van der Waals surface area contributed by atoms with Crippen LogP contribution in [-0.4, -0.2) is 21.9 Å². The molecule has 0 aliphatic carbocycles. The van der Waals surface area contributed by atoms with Gasteiger partial charge in [0.2, 0.25) is 0 Å². The third-order valence-electron chi connectivity index (χ3n) is 8.28. The second-order valence-corrected chi connectivity index (χ2v) is 10.3. The fraction of sp³-hybridized carbons (Fsp3) is 0.188. The normalized spacial score (nSPS) is 17.5. The van der Waals surface area contributed by atoms with E-state index in [0.717, 1.165) is 29.8 Å². The number of para-hydroxylation sites is 2. The standard InChI is InChI=1S/C32H30BN6/c1-3-27-28(4-2)37-22-26(24-15-19-35-20-16-24)10-12-32(37)39-30-8-6-5-7-29(30)38(33(27)39)31-11-9-25(21-36-31)23-13-17-34-18-14-23/h5-22,27-28H,3-4H2,1-2H3/q+1. The lowest BCUT2D eigenvalue weighted by Crippen LogP contribution is -2.62. The van der Waals surface area contributed by atoms with E-state index < -0.39 is 0 Å². The van der Waals surface area contributed by atoms with Crippen molar-refractivity contribution in [3.63, 3.8) is 0 Å². The maximum atomic E-state index is 5.02. The highest BCUT2D eigenvalue weighted by atomic mass is 15.4. The number of hydrogen-bond donors (Lipinski definition) is 0. The van der Waals surface area contributed by atoms with Crippen LogP contribution in [0.2, 0.25) is 5.82 Å². The van der Waals surface area contributed by atoms with Gasteiger partial charge in [-0.3, -0.25) is 14.8 Å². The van der Waals surface area contributed by atoms with Gasteiger partial charge in [-0.1, -0.05) is 26.0 Å². The van der Waals surface area contributed by atoms with Gasteiger partial charge in [0.25, 0.3) is 5.82 Å².